The maximum atomic E-state index is 6.37. The molecule has 0 spiro atoms. The number of hydrogen-bond acceptors (Lipinski definition) is 3. The van der Waals surface area contributed by atoms with Crippen LogP contribution in [0.15, 0.2) is 42.5 Å². The Balaban J connectivity index is 2.43. The first kappa shape index (κ1) is 15.7. The highest BCUT2D eigenvalue weighted by Crippen LogP contribution is 2.36. The third-order valence-corrected chi connectivity index (χ3v) is 3.81. The van der Waals surface area contributed by atoms with Crippen LogP contribution in [-0.2, 0) is 6.54 Å². The molecule has 112 valence electrons. The number of hydrogen-bond donors (Lipinski definition) is 1. The van der Waals surface area contributed by atoms with Crippen LogP contribution in [-0.4, -0.2) is 20.7 Å². The van der Waals surface area contributed by atoms with Gasteiger partial charge in [-0.2, -0.15) is 0 Å². The Morgan fingerprint density at radius 2 is 1.81 bits per heavy atom. The molecule has 0 aromatic heterocycles. The van der Waals surface area contributed by atoms with Gasteiger partial charge in [0.2, 0.25) is 0 Å². The molecule has 0 atom stereocenters. The normalized spacial score (nSPS) is 10.5. The second kappa shape index (κ2) is 7.34. The van der Waals surface area contributed by atoms with Gasteiger partial charge in [0.1, 0.15) is 5.75 Å². The van der Waals surface area contributed by atoms with E-state index in [9.17, 15) is 0 Å². The molecule has 0 bridgehead atoms. The Morgan fingerprint density at radius 1 is 1.10 bits per heavy atom. The van der Waals surface area contributed by atoms with E-state index in [1.807, 2.05) is 43.4 Å². The van der Waals surface area contributed by atoms with Crippen LogP contribution in [0.2, 0.25) is 5.02 Å². The molecule has 0 aliphatic rings. The van der Waals surface area contributed by atoms with Crippen LogP contribution in [0.1, 0.15) is 12.5 Å². The molecule has 2 aromatic carbocycles. The highest BCUT2D eigenvalue weighted by atomic mass is 35.5. The summed E-state index contributed by atoms with van der Waals surface area (Å²) in [5.41, 5.74) is 3.18. The lowest BCUT2D eigenvalue weighted by molar-refractivity contribution is 0.415. The van der Waals surface area contributed by atoms with Crippen molar-refractivity contribution in [2.45, 2.75) is 13.5 Å². The average molecular weight is 305 g/mol. The largest absolute Gasteiger partial charge is 0.495 e. The summed E-state index contributed by atoms with van der Waals surface area (Å²) in [5.74, 6) is 0.842. The smallest absolute Gasteiger partial charge is 0.142 e. The van der Waals surface area contributed by atoms with Crippen LogP contribution in [0.5, 0.6) is 5.75 Å². The first-order chi connectivity index (χ1) is 10.2. The number of halogens is 1. The van der Waals surface area contributed by atoms with Crippen molar-refractivity contribution >= 4 is 23.0 Å². The highest BCUT2D eigenvalue weighted by molar-refractivity contribution is 6.31. The Kier molecular flexibility index (Phi) is 5.48. The monoisotopic (exact) mass is 304 g/mol. The molecule has 2 aromatic rings. The van der Waals surface area contributed by atoms with E-state index in [0.717, 1.165) is 40.8 Å². The van der Waals surface area contributed by atoms with E-state index >= 15 is 0 Å². The summed E-state index contributed by atoms with van der Waals surface area (Å²) < 4.78 is 5.45. The van der Waals surface area contributed by atoms with Crippen molar-refractivity contribution in [2.75, 3.05) is 25.6 Å². The molecule has 0 unspecified atom stereocenters. The minimum absolute atomic E-state index is 0.741. The van der Waals surface area contributed by atoms with Gasteiger partial charge in [0.15, 0.2) is 0 Å². The van der Waals surface area contributed by atoms with Crippen molar-refractivity contribution in [3.05, 3.63) is 53.1 Å². The quantitative estimate of drug-likeness (QED) is 0.864. The lowest BCUT2D eigenvalue weighted by Gasteiger charge is -2.25. The topological polar surface area (TPSA) is 24.5 Å². The average Bonchev–Trinajstić information content (AvgIpc) is 2.52. The van der Waals surface area contributed by atoms with E-state index in [4.69, 9.17) is 16.3 Å². The minimum atomic E-state index is 0.741. The first-order valence-electron chi connectivity index (χ1n) is 7.03. The molecule has 0 aliphatic carbocycles. The van der Waals surface area contributed by atoms with Gasteiger partial charge < -0.3 is 15.0 Å². The minimum Gasteiger partial charge on any atom is -0.495 e. The summed E-state index contributed by atoms with van der Waals surface area (Å²) >= 11 is 6.37. The van der Waals surface area contributed by atoms with Crippen molar-refractivity contribution in [1.29, 1.82) is 0 Å². The summed E-state index contributed by atoms with van der Waals surface area (Å²) in [6, 6.07) is 13.9. The van der Waals surface area contributed by atoms with Gasteiger partial charge in [0.25, 0.3) is 0 Å². The van der Waals surface area contributed by atoms with E-state index in [1.165, 1.54) is 0 Å². The van der Waals surface area contributed by atoms with Crippen LogP contribution in [0.4, 0.5) is 11.4 Å². The molecule has 2 rings (SSSR count). The fourth-order valence-corrected chi connectivity index (χ4v) is 2.56. The van der Waals surface area contributed by atoms with Crippen LogP contribution in [0.3, 0.4) is 0 Å². The third-order valence-electron chi connectivity index (χ3n) is 3.45. The molecular weight excluding hydrogens is 284 g/mol. The van der Waals surface area contributed by atoms with Crippen LogP contribution < -0.4 is 15.0 Å². The predicted molar refractivity (Wildman–Crippen MR) is 89.9 cm³/mol. The maximum Gasteiger partial charge on any atom is 0.142 e. The number of ether oxygens (including phenoxy) is 1. The van der Waals surface area contributed by atoms with E-state index < -0.39 is 0 Å². The van der Waals surface area contributed by atoms with Crippen molar-refractivity contribution < 1.29 is 4.74 Å². The number of para-hydroxylation sites is 2. The lowest BCUT2D eigenvalue weighted by atomic mass is 10.1. The van der Waals surface area contributed by atoms with Crippen LogP contribution >= 0.6 is 11.6 Å². The number of nitrogens with zero attached hydrogens (tertiary/aromatic N) is 1. The Labute approximate surface area is 131 Å². The molecule has 0 aliphatic heterocycles. The van der Waals surface area contributed by atoms with Gasteiger partial charge in [0, 0.05) is 29.9 Å². The van der Waals surface area contributed by atoms with Crippen molar-refractivity contribution in [3.8, 4) is 5.75 Å². The molecule has 4 heteroatoms. The molecule has 0 fully saturated rings. The Morgan fingerprint density at radius 3 is 2.52 bits per heavy atom. The number of benzene rings is 2. The van der Waals surface area contributed by atoms with Gasteiger partial charge >= 0.3 is 0 Å². The van der Waals surface area contributed by atoms with Crippen molar-refractivity contribution in [2.24, 2.45) is 0 Å². The first-order valence-corrected chi connectivity index (χ1v) is 7.41. The molecule has 21 heavy (non-hydrogen) atoms. The summed E-state index contributed by atoms with van der Waals surface area (Å²) in [6.45, 7) is 3.73. The molecule has 0 radical (unpaired) electrons. The molecule has 0 amide bonds. The summed E-state index contributed by atoms with van der Waals surface area (Å²) in [6.07, 6.45) is 0. The fraction of sp³-hybridized carbons (Fsp3) is 0.294. The fourth-order valence-electron chi connectivity index (χ4n) is 2.32. The van der Waals surface area contributed by atoms with Crippen LogP contribution in [0, 0.1) is 0 Å². The van der Waals surface area contributed by atoms with E-state index in [2.05, 4.69) is 23.2 Å². The van der Waals surface area contributed by atoms with Crippen molar-refractivity contribution in [3.63, 3.8) is 0 Å². The summed E-state index contributed by atoms with van der Waals surface area (Å²) in [7, 11) is 3.71. The number of nitrogens with one attached hydrogen (secondary N) is 1. The SMILES string of the molecule is CCNCc1c(Cl)cccc1N(C)c1ccccc1OC. The zero-order chi connectivity index (χ0) is 15.2. The van der Waals surface area contributed by atoms with Gasteiger partial charge in [0.05, 0.1) is 12.8 Å². The van der Waals surface area contributed by atoms with Gasteiger partial charge in [-0.25, -0.2) is 0 Å². The van der Waals surface area contributed by atoms with Gasteiger partial charge in [-0.1, -0.05) is 36.7 Å². The Hall–Kier alpha value is -1.71. The van der Waals surface area contributed by atoms with Crippen LogP contribution in [0.25, 0.3) is 0 Å². The lowest BCUT2D eigenvalue weighted by Crippen LogP contribution is -2.18. The number of rotatable bonds is 6. The van der Waals surface area contributed by atoms with Crippen molar-refractivity contribution in [1.82, 2.24) is 5.32 Å². The second-order valence-electron chi connectivity index (χ2n) is 4.75. The van der Waals surface area contributed by atoms with E-state index in [0.29, 0.717) is 0 Å². The van der Waals surface area contributed by atoms with E-state index in [1.54, 1.807) is 7.11 Å². The molecular formula is C17H21ClN2O. The number of anilines is 2. The van der Waals surface area contributed by atoms with Gasteiger partial charge in [-0.3, -0.25) is 0 Å². The maximum absolute atomic E-state index is 6.37. The predicted octanol–water partition coefficient (Wildman–Crippen LogP) is 4.23. The number of methoxy groups -OCH3 is 1. The standard InChI is InChI=1S/C17H21ClN2O/c1-4-19-12-13-14(18)8-7-10-15(13)20(2)16-9-5-6-11-17(16)21-3/h5-11,19H,4,12H2,1-3H3. The molecule has 0 heterocycles. The van der Waals surface area contributed by atoms with Gasteiger partial charge in [-0.15, -0.1) is 0 Å². The molecule has 0 saturated carbocycles. The van der Waals surface area contributed by atoms with Gasteiger partial charge in [-0.05, 0) is 30.8 Å². The molecule has 1 N–H and O–H groups in total. The third kappa shape index (κ3) is 3.49. The second-order valence-corrected chi connectivity index (χ2v) is 5.16. The molecule has 0 saturated heterocycles. The summed E-state index contributed by atoms with van der Waals surface area (Å²) in [4.78, 5) is 2.11. The molecule has 3 nitrogen and oxygen atoms in total. The zero-order valence-electron chi connectivity index (χ0n) is 12.7. The van der Waals surface area contributed by atoms with E-state index in [-0.39, 0.29) is 0 Å². The highest BCUT2D eigenvalue weighted by Gasteiger charge is 2.14. The summed E-state index contributed by atoms with van der Waals surface area (Å²) in [5, 5.41) is 4.11. The zero-order valence-corrected chi connectivity index (χ0v) is 13.4. The Bertz CT molecular complexity index is 601.